The second kappa shape index (κ2) is 11.7. The first-order valence-electron chi connectivity index (χ1n) is 11.6. The number of rotatable bonds is 11. The fourth-order valence-corrected chi connectivity index (χ4v) is 5.04. The summed E-state index contributed by atoms with van der Waals surface area (Å²) in [7, 11) is -4.27. The van der Waals surface area contributed by atoms with Crippen LogP contribution in [0.25, 0.3) is 0 Å². The number of ether oxygens (including phenoxy) is 2. The second-order valence-electron chi connectivity index (χ2n) is 9.29. The van der Waals surface area contributed by atoms with Crippen LogP contribution in [0.15, 0.2) is 52.2 Å². The third-order valence-electron chi connectivity index (χ3n) is 5.50. The van der Waals surface area contributed by atoms with E-state index in [1.54, 1.807) is 18.2 Å². The van der Waals surface area contributed by atoms with E-state index in [2.05, 4.69) is 5.09 Å². The van der Waals surface area contributed by atoms with Crippen molar-refractivity contribution in [3.8, 4) is 5.75 Å². The normalized spacial score (nSPS) is 26.0. The molecule has 1 fully saturated rings. The van der Waals surface area contributed by atoms with E-state index in [-0.39, 0.29) is 18.3 Å². The number of aromatic amines is 1. The molecule has 1 aliphatic rings. The van der Waals surface area contributed by atoms with Gasteiger partial charge in [-0.25, -0.2) is 9.36 Å². The SMILES string of the molecule is CC(C)COC(=O)[C@H](C)NP(=O)(OC[C@H]1O[C@@H](n2ccc(=O)[nH]c2=O)[C@@](C)(O)[C@@H]1O)Oc1ccccc1. The zero-order chi connectivity index (χ0) is 27.4. The lowest BCUT2D eigenvalue weighted by Gasteiger charge is -2.27. The highest BCUT2D eigenvalue weighted by molar-refractivity contribution is 7.52. The largest absolute Gasteiger partial charge is 0.464 e. The van der Waals surface area contributed by atoms with Gasteiger partial charge in [0.25, 0.3) is 5.56 Å². The molecule has 14 heteroatoms. The zero-order valence-electron chi connectivity index (χ0n) is 20.9. The number of hydrogen-bond acceptors (Lipinski definition) is 10. The number of esters is 1. The van der Waals surface area contributed by atoms with Crippen LogP contribution in [-0.2, 0) is 23.4 Å². The number of aliphatic hydroxyl groups is 2. The number of carbonyl (C=O) groups excluding carboxylic acids is 1. The Bertz CT molecular complexity index is 1230. The van der Waals surface area contributed by atoms with Gasteiger partial charge in [0.15, 0.2) is 6.23 Å². The molecule has 1 aromatic carbocycles. The Hall–Kier alpha value is -2.80. The molecule has 13 nitrogen and oxygen atoms in total. The van der Waals surface area contributed by atoms with Gasteiger partial charge in [-0.2, -0.15) is 5.09 Å². The number of hydrogen-bond donors (Lipinski definition) is 4. The van der Waals surface area contributed by atoms with Crippen LogP contribution < -0.4 is 20.9 Å². The molecule has 0 aliphatic carbocycles. The number of aliphatic hydroxyl groups excluding tert-OH is 1. The number of nitrogens with one attached hydrogen (secondary N) is 2. The molecule has 2 heterocycles. The summed E-state index contributed by atoms with van der Waals surface area (Å²) < 4.78 is 36.5. The maximum atomic E-state index is 13.6. The Kier molecular flexibility index (Phi) is 9.11. The fourth-order valence-electron chi connectivity index (χ4n) is 3.54. The number of nitrogens with zero attached hydrogens (tertiary/aromatic N) is 1. The molecule has 1 saturated heterocycles. The van der Waals surface area contributed by atoms with Gasteiger partial charge >= 0.3 is 19.4 Å². The van der Waals surface area contributed by atoms with Gasteiger partial charge in [0, 0.05) is 12.3 Å². The predicted molar refractivity (Wildman–Crippen MR) is 131 cm³/mol. The summed E-state index contributed by atoms with van der Waals surface area (Å²) in [6.45, 7) is 6.01. The van der Waals surface area contributed by atoms with Crippen LogP contribution in [0, 0.1) is 5.92 Å². The number of aromatic nitrogens is 2. The Morgan fingerprint density at radius 3 is 2.54 bits per heavy atom. The molecule has 4 N–H and O–H groups in total. The molecule has 0 radical (unpaired) electrons. The minimum absolute atomic E-state index is 0.0939. The first kappa shape index (κ1) is 28.8. The molecule has 0 spiro atoms. The lowest BCUT2D eigenvalue weighted by molar-refractivity contribution is -0.146. The van der Waals surface area contributed by atoms with Gasteiger partial charge in [-0.05, 0) is 31.9 Å². The molecule has 2 aromatic rings. The molecule has 1 aromatic heterocycles. The maximum Gasteiger partial charge on any atom is 0.459 e. The van der Waals surface area contributed by atoms with E-state index < -0.39 is 61.7 Å². The summed E-state index contributed by atoms with van der Waals surface area (Å²) in [6, 6.07) is 8.05. The Morgan fingerprint density at radius 1 is 1.24 bits per heavy atom. The monoisotopic (exact) mass is 541 g/mol. The highest BCUT2D eigenvalue weighted by atomic mass is 31.2. The van der Waals surface area contributed by atoms with Crippen molar-refractivity contribution in [3.63, 3.8) is 0 Å². The predicted octanol–water partition coefficient (Wildman–Crippen LogP) is 0.927. The van der Waals surface area contributed by atoms with E-state index in [0.29, 0.717) is 0 Å². The van der Waals surface area contributed by atoms with Crippen molar-refractivity contribution in [1.29, 1.82) is 0 Å². The Balaban J connectivity index is 1.78. The first-order chi connectivity index (χ1) is 17.3. The molecule has 0 saturated carbocycles. The standard InChI is InChI=1S/C23H32N3O10P/c1-14(2)12-33-20(29)15(3)25-37(32,36-16-8-6-5-7-9-16)34-13-17-19(28)23(4,31)21(35-17)26-11-10-18(27)24-22(26)30/h5-11,14-15,17,19,21,28,31H,12-13H2,1-4H3,(H,25,32)(H,24,27,30)/t15-,17+,19+,21+,23-,37?/m0/s1. The lowest BCUT2D eigenvalue weighted by atomic mass is 9.96. The maximum absolute atomic E-state index is 13.6. The molecule has 37 heavy (non-hydrogen) atoms. The molecular weight excluding hydrogens is 509 g/mol. The average Bonchev–Trinajstić information content (AvgIpc) is 3.05. The minimum Gasteiger partial charge on any atom is -0.464 e. The summed E-state index contributed by atoms with van der Waals surface area (Å²) in [4.78, 5) is 38.0. The van der Waals surface area contributed by atoms with Crippen LogP contribution in [0.3, 0.4) is 0 Å². The summed E-state index contributed by atoms with van der Waals surface area (Å²) >= 11 is 0. The van der Waals surface area contributed by atoms with Gasteiger partial charge in [0.2, 0.25) is 0 Å². The Labute approximate surface area is 212 Å². The molecular formula is C23H32N3O10P. The first-order valence-corrected chi connectivity index (χ1v) is 13.2. The summed E-state index contributed by atoms with van der Waals surface area (Å²) in [5, 5.41) is 24.1. The van der Waals surface area contributed by atoms with Crippen molar-refractivity contribution in [1.82, 2.24) is 14.6 Å². The van der Waals surface area contributed by atoms with Crippen molar-refractivity contribution in [2.45, 2.75) is 57.8 Å². The van der Waals surface area contributed by atoms with Crippen molar-refractivity contribution >= 4 is 13.7 Å². The van der Waals surface area contributed by atoms with Gasteiger partial charge < -0.3 is 24.2 Å². The molecule has 1 unspecified atom stereocenters. The topological polar surface area (TPSA) is 178 Å². The van der Waals surface area contributed by atoms with Crippen molar-refractivity contribution in [3.05, 3.63) is 63.4 Å². The number of carbonyl (C=O) groups is 1. The van der Waals surface area contributed by atoms with Crippen LogP contribution in [0.2, 0.25) is 0 Å². The van der Waals surface area contributed by atoms with Crippen molar-refractivity contribution in [2.75, 3.05) is 13.2 Å². The molecule has 6 atom stereocenters. The van der Waals surface area contributed by atoms with Crippen molar-refractivity contribution in [2.24, 2.45) is 5.92 Å². The zero-order valence-corrected chi connectivity index (χ0v) is 21.8. The van der Waals surface area contributed by atoms with Crippen LogP contribution in [0.5, 0.6) is 5.75 Å². The Morgan fingerprint density at radius 2 is 1.92 bits per heavy atom. The van der Waals surface area contributed by atoms with E-state index in [0.717, 1.165) is 16.8 Å². The van der Waals surface area contributed by atoms with Gasteiger partial charge in [-0.1, -0.05) is 32.0 Å². The van der Waals surface area contributed by atoms with Crippen molar-refractivity contribution < 1.29 is 38.1 Å². The molecule has 0 bridgehead atoms. The molecule has 0 amide bonds. The number of benzene rings is 1. The lowest BCUT2D eigenvalue weighted by Crippen LogP contribution is -2.47. The fraction of sp³-hybridized carbons (Fsp3) is 0.522. The van der Waals surface area contributed by atoms with Crippen LogP contribution in [0.4, 0.5) is 0 Å². The highest BCUT2D eigenvalue weighted by Gasteiger charge is 2.54. The average molecular weight is 541 g/mol. The van der Waals surface area contributed by atoms with Gasteiger partial charge in [0.1, 0.15) is 29.6 Å². The molecule has 3 rings (SSSR count). The summed E-state index contributed by atoms with van der Waals surface area (Å²) in [6.07, 6.45) is -3.13. The number of para-hydroxylation sites is 1. The second-order valence-corrected chi connectivity index (χ2v) is 11.0. The number of H-pyrrole nitrogens is 1. The van der Waals surface area contributed by atoms with Gasteiger partial charge in [-0.3, -0.25) is 23.7 Å². The quantitative estimate of drug-likeness (QED) is 0.235. The third kappa shape index (κ3) is 7.16. The summed E-state index contributed by atoms with van der Waals surface area (Å²) in [5.74, 6) is -0.401. The van der Waals surface area contributed by atoms with Crippen LogP contribution in [-0.4, -0.2) is 62.8 Å². The van der Waals surface area contributed by atoms with Crippen LogP contribution in [0.1, 0.15) is 33.9 Å². The smallest absolute Gasteiger partial charge is 0.459 e. The minimum atomic E-state index is -4.27. The highest BCUT2D eigenvalue weighted by Crippen LogP contribution is 2.46. The summed E-state index contributed by atoms with van der Waals surface area (Å²) in [5.41, 5.74) is -3.49. The van der Waals surface area contributed by atoms with E-state index in [1.807, 2.05) is 18.8 Å². The molecule has 1 aliphatic heterocycles. The van der Waals surface area contributed by atoms with Crippen LogP contribution >= 0.6 is 7.75 Å². The van der Waals surface area contributed by atoms with Gasteiger partial charge in [0.05, 0.1) is 13.2 Å². The van der Waals surface area contributed by atoms with Gasteiger partial charge in [-0.15, -0.1) is 0 Å². The third-order valence-corrected chi connectivity index (χ3v) is 7.14. The van der Waals surface area contributed by atoms with E-state index in [4.69, 9.17) is 18.5 Å². The van der Waals surface area contributed by atoms with E-state index in [9.17, 15) is 29.2 Å². The van der Waals surface area contributed by atoms with E-state index in [1.165, 1.54) is 26.0 Å². The van der Waals surface area contributed by atoms with E-state index >= 15 is 0 Å². The molecule has 204 valence electrons.